The van der Waals surface area contributed by atoms with E-state index in [0.717, 1.165) is 30.3 Å². The molecule has 0 atom stereocenters. The highest BCUT2D eigenvalue weighted by atomic mass is 19.2. The van der Waals surface area contributed by atoms with E-state index < -0.39 is 17.5 Å². The second kappa shape index (κ2) is 5.42. The van der Waals surface area contributed by atoms with Crippen LogP contribution in [-0.4, -0.2) is 24.1 Å². The van der Waals surface area contributed by atoms with Gasteiger partial charge in [-0.25, -0.2) is 27.7 Å². The maximum Gasteiger partial charge on any atom is 0.168 e. The summed E-state index contributed by atoms with van der Waals surface area (Å²) in [6.45, 7) is 0.715. The summed E-state index contributed by atoms with van der Waals surface area (Å²) in [6.07, 6.45) is 4.84. The molecular weight excluding hydrogens is 343 g/mol. The minimum absolute atomic E-state index is 0.182. The SMILES string of the molecule is Fc1cc(F)c(F)c(-c2nc3n(c2-c2ccc4ncnn4c2)CCC3)c1. The van der Waals surface area contributed by atoms with E-state index in [0.29, 0.717) is 24.0 Å². The normalized spacial score (nSPS) is 13.5. The van der Waals surface area contributed by atoms with Gasteiger partial charge in [0.05, 0.1) is 11.4 Å². The lowest BCUT2D eigenvalue weighted by atomic mass is 10.0. The summed E-state index contributed by atoms with van der Waals surface area (Å²) < 4.78 is 45.5. The van der Waals surface area contributed by atoms with Gasteiger partial charge in [-0.05, 0) is 24.6 Å². The van der Waals surface area contributed by atoms with E-state index in [1.807, 2.05) is 10.6 Å². The number of rotatable bonds is 2. The number of benzene rings is 1. The van der Waals surface area contributed by atoms with Crippen molar-refractivity contribution in [3.05, 3.63) is 60.1 Å². The first-order chi connectivity index (χ1) is 12.6. The number of halogens is 3. The van der Waals surface area contributed by atoms with Crippen LogP contribution in [0.15, 0.2) is 36.8 Å². The van der Waals surface area contributed by atoms with Crippen LogP contribution in [0.3, 0.4) is 0 Å². The standard InChI is InChI=1S/C18H12F3N5/c19-11-6-12(16(21)13(20)7-11)17-18(25-5-1-2-15(25)24-17)10-3-4-14-22-9-23-26(14)8-10/h3-4,6-9H,1-2,5H2. The van der Waals surface area contributed by atoms with Crippen molar-refractivity contribution in [2.45, 2.75) is 19.4 Å². The Morgan fingerprint density at radius 3 is 2.85 bits per heavy atom. The summed E-state index contributed by atoms with van der Waals surface area (Å²) in [6, 6.07) is 5.12. The quantitative estimate of drug-likeness (QED) is 0.516. The van der Waals surface area contributed by atoms with Gasteiger partial charge in [0, 0.05) is 36.4 Å². The lowest BCUT2D eigenvalue weighted by Crippen LogP contribution is -1.99. The number of hydrogen-bond acceptors (Lipinski definition) is 3. The molecule has 0 unspecified atom stereocenters. The van der Waals surface area contributed by atoms with Crippen LogP contribution in [-0.2, 0) is 13.0 Å². The molecule has 5 nitrogen and oxygen atoms in total. The average molecular weight is 355 g/mol. The van der Waals surface area contributed by atoms with Gasteiger partial charge in [-0.2, -0.15) is 5.10 Å². The molecule has 0 bridgehead atoms. The third-order valence-electron chi connectivity index (χ3n) is 4.62. The fourth-order valence-electron chi connectivity index (χ4n) is 3.49. The average Bonchev–Trinajstić information content (AvgIpc) is 3.32. The van der Waals surface area contributed by atoms with Crippen LogP contribution in [0, 0.1) is 17.5 Å². The summed E-state index contributed by atoms with van der Waals surface area (Å²) in [5, 5.41) is 4.11. The minimum Gasteiger partial charge on any atom is -0.327 e. The van der Waals surface area contributed by atoms with E-state index in [2.05, 4.69) is 15.1 Å². The van der Waals surface area contributed by atoms with Gasteiger partial charge in [0.1, 0.15) is 18.0 Å². The van der Waals surface area contributed by atoms with Gasteiger partial charge in [0.15, 0.2) is 17.3 Å². The molecule has 4 heterocycles. The highest BCUT2D eigenvalue weighted by Gasteiger charge is 2.26. The Balaban J connectivity index is 1.80. The maximum atomic E-state index is 14.4. The molecule has 26 heavy (non-hydrogen) atoms. The Bertz CT molecular complexity index is 1160. The molecule has 5 rings (SSSR count). The molecule has 1 aromatic carbocycles. The number of fused-ring (bicyclic) bond motifs is 2. The van der Waals surface area contributed by atoms with Crippen molar-refractivity contribution in [1.29, 1.82) is 0 Å². The second-order valence-electron chi connectivity index (χ2n) is 6.21. The third-order valence-corrected chi connectivity index (χ3v) is 4.62. The second-order valence-corrected chi connectivity index (χ2v) is 6.21. The molecule has 0 saturated carbocycles. The molecule has 8 heteroatoms. The lowest BCUT2D eigenvalue weighted by molar-refractivity contribution is 0.497. The van der Waals surface area contributed by atoms with Crippen LogP contribution in [0.2, 0.25) is 0 Å². The first-order valence-corrected chi connectivity index (χ1v) is 8.16. The molecule has 0 radical (unpaired) electrons. The summed E-state index contributed by atoms with van der Waals surface area (Å²) >= 11 is 0. The van der Waals surface area contributed by atoms with Crippen LogP contribution in [0.4, 0.5) is 13.2 Å². The molecule has 1 aliphatic rings. The predicted molar refractivity (Wildman–Crippen MR) is 87.8 cm³/mol. The fraction of sp³-hybridized carbons (Fsp3) is 0.167. The van der Waals surface area contributed by atoms with Crippen LogP contribution in [0.1, 0.15) is 12.2 Å². The molecule has 0 saturated heterocycles. The molecule has 4 aromatic rings. The van der Waals surface area contributed by atoms with Crippen molar-refractivity contribution in [2.75, 3.05) is 0 Å². The largest absolute Gasteiger partial charge is 0.327 e. The van der Waals surface area contributed by atoms with Crippen molar-refractivity contribution >= 4 is 5.65 Å². The minimum atomic E-state index is -1.23. The Morgan fingerprint density at radius 1 is 1.08 bits per heavy atom. The summed E-state index contributed by atoms with van der Waals surface area (Å²) in [4.78, 5) is 8.59. The van der Waals surface area contributed by atoms with Gasteiger partial charge in [-0.1, -0.05) is 0 Å². The van der Waals surface area contributed by atoms with Crippen LogP contribution in [0.5, 0.6) is 0 Å². The zero-order valence-corrected chi connectivity index (χ0v) is 13.5. The van der Waals surface area contributed by atoms with Crippen molar-refractivity contribution < 1.29 is 13.2 Å². The molecular formula is C18H12F3N5. The van der Waals surface area contributed by atoms with Crippen molar-refractivity contribution in [3.8, 4) is 22.5 Å². The zero-order chi connectivity index (χ0) is 17.8. The lowest BCUT2D eigenvalue weighted by Gasteiger charge is -2.10. The zero-order valence-electron chi connectivity index (χ0n) is 13.5. The predicted octanol–water partition coefficient (Wildman–Crippen LogP) is 3.62. The topological polar surface area (TPSA) is 48.0 Å². The van der Waals surface area contributed by atoms with E-state index in [4.69, 9.17) is 0 Å². The third kappa shape index (κ3) is 2.15. The maximum absolute atomic E-state index is 14.4. The summed E-state index contributed by atoms with van der Waals surface area (Å²) in [7, 11) is 0. The first kappa shape index (κ1) is 15.1. The summed E-state index contributed by atoms with van der Waals surface area (Å²) in [5.74, 6) is -2.40. The number of aryl methyl sites for hydroxylation is 1. The fourth-order valence-corrected chi connectivity index (χ4v) is 3.49. The van der Waals surface area contributed by atoms with E-state index in [9.17, 15) is 13.2 Å². The Morgan fingerprint density at radius 2 is 1.96 bits per heavy atom. The number of nitrogens with zero attached hydrogens (tertiary/aromatic N) is 5. The Labute approximate surface area is 145 Å². The van der Waals surface area contributed by atoms with E-state index in [1.54, 1.807) is 16.8 Å². The van der Waals surface area contributed by atoms with Crippen molar-refractivity contribution in [2.24, 2.45) is 0 Å². The van der Waals surface area contributed by atoms with E-state index in [-0.39, 0.29) is 11.3 Å². The molecule has 0 aliphatic carbocycles. The van der Waals surface area contributed by atoms with Crippen molar-refractivity contribution in [1.82, 2.24) is 24.1 Å². The van der Waals surface area contributed by atoms with Crippen molar-refractivity contribution in [3.63, 3.8) is 0 Å². The monoisotopic (exact) mass is 355 g/mol. The van der Waals surface area contributed by atoms with Gasteiger partial charge in [0.25, 0.3) is 0 Å². The van der Waals surface area contributed by atoms with Gasteiger partial charge in [-0.3, -0.25) is 0 Å². The van der Waals surface area contributed by atoms with Crippen LogP contribution in [0.25, 0.3) is 28.2 Å². The van der Waals surface area contributed by atoms with Gasteiger partial charge >= 0.3 is 0 Å². The van der Waals surface area contributed by atoms with Gasteiger partial charge in [0.2, 0.25) is 0 Å². The Hall–Kier alpha value is -3.16. The van der Waals surface area contributed by atoms with Crippen LogP contribution >= 0.6 is 0 Å². The highest BCUT2D eigenvalue weighted by Crippen LogP contribution is 2.37. The summed E-state index contributed by atoms with van der Waals surface area (Å²) in [5.41, 5.74) is 2.06. The highest BCUT2D eigenvalue weighted by molar-refractivity contribution is 5.80. The number of pyridine rings is 1. The molecule has 0 amide bonds. The smallest absolute Gasteiger partial charge is 0.168 e. The van der Waals surface area contributed by atoms with E-state index in [1.165, 1.54) is 6.33 Å². The molecule has 1 aliphatic heterocycles. The molecule has 0 N–H and O–H groups in total. The molecule has 0 spiro atoms. The van der Waals surface area contributed by atoms with Crippen LogP contribution < -0.4 is 0 Å². The number of aromatic nitrogens is 5. The molecule has 3 aromatic heterocycles. The van der Waals surface area contributed by atoms with E-state index >= 15 is 0 Å². The first-order valence-electron chi connectivity index (χ1n) is 8.16. The van der Waals surface area contributed by atoms with Gasteiger partial charge in [-0.15, -0.1) is 0 Å². The van der Waals surface area contributed by atoms with Gasteiger partial charge < -0.3 is 4.57 Å². The number of imidazole rings is 1. The number of hydrogen-bond donors (Lipinski definition) is 0. The molecule has 0 fully saturated rings. The Kier molecular flexibility index (Phi) is 3.15. The molecule has 130 valence electrons.